The fourth-order valence-corrected chi connectivity index (χ4v) is 5.29. The van der Waals surface area contributed by atoms with Gasteiger partial charge in [0, 0.05) is 0 Å². The van der Waals surface area contributed by atoms with Gasteiger partial charge in [-0.25, -0.2) is 0 Å². The second kappa shape index (κ2) is 6.58. The van der Waals surface area contributed by atoms with E-state index >= 15 is 0 Å². The van der Waals surface area contributed by atoms with Crippen LogP contribution in [0.1, 0.15) is 79.6 Å². The van der Waals surface area contributed by atoms with Crippen molar-refractivity contribution in [2.75, 3.05) is 0 Å². The Labute approximate surface area is 141 Å². The largest absolute Gasteiger partial charge is 0.481 e. The van der Waals surface area contributed by atoms with Crippen LogP contribution in [0.4, 0.5) is 0 Å². The van der Waals surface area contributed by atoms with Gasteiger partial charge in [0.05, 0.1) is 12.0 Å². The summed E-state index contributed by atoms with van der Waals surface area (Å²) in [4.78, 5) is 11.0. The Kier molecular flexibility index (Phi) is 5.30. The molecule has 3 nitrogen and oxygen atoms in total. The lowest BCUT2D eigenvalue weighted by Crippen LogP contribution is -2.52. The van der Waals surface area contributed by atoms with Gasteiger partial charge in [0.1, 0.15) is 0 Å². The minimum Gasteiger partial charge on any atom is -0.481 e. The number of fused-ring (bicyclic) bond motifs is 1. The van der Waals surface area contributed by atoms with Crippen LogP contribution in [0.2, 0.25) is 0 Å². The van der Waals surface area contributed by atoms with E-state index in [0.29, 0.717) is 5.92 Å². The van der Waals surface area contributed by atoms with Crippen molar-refractivity contribution in [3.63, 3.8) is 0 Å². The van der Waals surface area contributed by atoms with E-state index in [9.17, 15) is 9.90 Å². The number of aliphatic carboxylic acids is 1. The first-order chi connectivity index (χ1) is 10.6. The number of carbonyl (C=O) groups is 1. The first-order valence-electron chi connectivity index (χ1n) is 9.20. The lowest BCUT2D eigenvalue weighted by molar-refractivity contribution is -0.141. The molecule has 0 heterocycles. The van der Waals surface area contributed by atoms with Gasteiger partial charge in [-0.15, -0.1) is 0 Å². The van der Waals surface area contributed by atoms with E-state index < -0.39 is 5.97 Å². The standard InChI is InChI=1S/C20H34O3/c1-13-9-10-16-19(3,4)17(21)11-12-20(16,5)15(13)8-6-7-14(2)18(22)23/h14,16-17,21H,6-12H2,1-5H3,(H,22,23)/t14?,16-,17-,20+/m1/s1. The quantitative estimate of drug-likeness (QED) is 0.715. The molecule has 2 rings (SSSR count). The van der Waals surface area contributed by atoms with Crippen molar-refractivity contribution in [2.24, 2.45) is 22.7 Å². The SMILES string of the molecule is CC1=C(CCCC(C)C(=O)O)[C@]2(C)CC[C@@H](O)C(C)(C)[C@H]2CC1. The molecule has 1 fully saturated rings. The molecule has 132 valence electrons. The number of carboxylic acids is 1. The number of allylic oxidation sites excluding steroid dienone is 2. The molecule has 2 N–H and O–H groups in total. The van der Waals surface area contributed by atoms with Gasteiger partial charge in [0.2, 0.25) is 0 Å². The normalized spacial score (nSPS) is 34.9. The Hall–Kier alpha value is -0.830. The molecule has 0 radical (unpaired) electrons. The molecule has 0 aromatic heterocycles. The average molecular weight is 322 g/mol. The van der Waals surface area contributed by atoms with Crippen LogP contribution < -0.4 is 0 Å². The molecule has 1 saturated carbocycles. The van der Waals surface area contributed by atoms with Gasteiger partial charge in [-0.3, -0.25) is 4.79 Å². The Bertz CT molecular complexity index is 491. The van der Waals surface area contributed by atoms with Crippen LogP contribution in [0, 0.1) is 22.7 Å². The highest BCUT2D eigenvalue weighted by Gasteiger charge is 2.53. The third-order valence-electron chi connectivity index (χ3n) is 6.96. The van der Waals surface area contributed by atoms with Crippen LogP contribution in [-0.4, -0.2) is 22.3 Å². The van der Waals surface area contributed by atoms with Crippen LogP contribution in [0.25, 0.3) is 0 Å². The van der Waals surface area contributed by atoms with E-state index in [2.05, 4.69) is 27.7 Å². The van der Waals surface area contributed by atoms with Crippen LogP contribution in [-0.2, 0) is 4.79 Å². The van der Waals surface area contributed by atoms with Crippen LogP contribution in [0.15, 0.2) is 11.1 Å². The molecule has 0 amide bonds. The fraction of sp³-hybridized carbons (Fsp3) is 0.850. The fourth-order valence-electron chi connectivity index (χ4n) is 5.29. The van der Waals surface area contributed by atoms with E-state index in [4.69, 9.17) is 5.11 Å². The summed E-state index contributed by atoms with van der Waals surface area (Å²) in [5, 5.41) is 19.5. The number of hydrogen-bond acceptors (Lipinski definition) is 2. The number of rotatable bonds is 5. The van der Waals surface area contributed by atoms with Crippen molar-refractivity contribution in [1.82, 2.24) is 0 Å². The molecular weight excluding hydrogens is 288 g/mol. The Morgan fingerprint density at radius 2 is 1.96 bits per heavy atom. The minimum absolute atomic E-state index is 0.0344. The van der Waals surface area contributed by atoms with Gasteiger partial charge in [-0.1, -0.05) is 38.8 Å². The molecule has 1 unspecified atom stereocenters. The summed E-state index contributed by atoms with van der Waals surface area (Å²) in [5.41, 5.74) is 3.22. The monoisotopic (exact) mass is 322 g/mol. The van der Waals surface area contributed by atoms with Gasteiger partial charge in [-0.05, 0) is 68.6 Å². The summed E-state index contributed by atoms with van der Waals surface area (Å²) in [6.45, 7) is 10.9. The lowest BCUT2D eigenvalue weighted by atomic mass is 9.49. The highest BCUT2D eigenvalue weighted by atomic mass is 16.4. The molecule has 3 heteroatoms. The second-order valence-electron chi connectivity index (χ2n) is 8.77. The van der Waals surface area contributed by atoms with Crippen LogP contribution >= 0.6 is 0 Å². The molecule has 0 spiro atoms. The summed E-state index contributed by atoms with van der Waals surface area (Å²) < 4.78 is 0. The van der Waals surface area contributed by atoms with Crippen molar-refractivity contribution in [3.8, 4) is 0 Å². The predicted octanol–water partition coefficient (Wildman–Crippen LogP) is 4.79. The maximum absolute atomic E-state index is 11.0. The molecule has 4 atom stereocenters. The zero-order valence-electron chi connectivity index (χ0n) is 15.5. The average Bonchev–Trinajstić information content (AvgIpc) is 2.46. The Balaban J connectivity index is 2.16. The summed E-state index contributed by atoms with van der Waals surface area (Å²) >= 11 is 0. The van der Waals surface area contributed by atoms with E-state index in [0.717, 1.165) is 38.5 Å². The van der Waals surface area contributed by atoms with Gasteiger partial charge in [0.25, 0.3) is 0 Å². The van der Waals surface area contributed by atoms with E-state index in [1.807, 2.05) is 0 Å². The third kappa shape index (κ3) is 3.35. The molecule has 23 heavy (non-hydrogen) atoms. The van der Waals surface area contributed by atoms with E-state index in [1.54, 1.807) is 12.5 Å². The molecule has 0 aromatic carbocycles. The van der Waals surface area contributed by atoms with E-state index in [1.165, 1.54) is 12.0 Å². The minimum atomic E-state index is -0.689. The van der Waals surface area contributed by atoms with Crippen molar-refractivity contribution in [1.29, 1.82) is 0 Å². The molecule has 0 aliphatic heterocycles. The molecule has 0 saturated heterocycles. The number of carboxylic acid groups (broad SMARTS) is 1. The predicted molar refractivity (Wildman–Crippen MR) is 93.2 cm³/mol. The maximum atomic E-state index is 11.0. The maximum Gasteiger partial charge on any atom is 0.306 e. The summed E-state index contributed by atoms with van der Waals surface area (Å²) in [5.74, 6) is -0.424. The smallest absolute Gasteiger partial charge is 0.306 e. The molecule has 2 aliphatic carbocycles. The van der Waals surface area contributed by atoms with Gasteiger partial charge in [-0.2, -0.15) is 0 Å². The van der Waals surface area contributed by atoms with Crippen molar-refractivity contribution in [3.05, 3.63) is 11.1 Å². The van der Waals surface area contributed by atoms with Gasteiger partial charge >= 0.3 is 5.97 Å². The second-order valence-corrected chi connectivity index (χ2v) is 8.77. The molecule has 2 aliphatic rings. The first-order valence-corrected chi connectivity index (χ1v) is 9.20. The van der Waals surface area contributed by atoms with Gasteiger partial charge in [0.15, 0.2) is 0 Å². The summed E-state index contributed by atoms with van der Waals surface area (Å²) in [6, 6.07) is 0. The molecular formula is C20H34O3. The van der Waals surface area contributed by atoms with E-state index in [-0.39, 0.29) is 22.9 Å². The summed E-state index contributed by atoms with van der Waals surface area (Å²) in [7, 11) is 0. The zero-order valence-corrected chi connectivity index (χ0v) is 15.5. The highest BCUT2D eigenvalue weighted by molar-refractivity contribution is 5.69. The Morgan fingerprint density at radius 3 is 2.57 bits per heavy atom. The first kappa shape index (κ1) is 18.5. The Morgan fingerprint density at radius 1 is 1.30 bits per heavy atom. The number of aliphatic hydroxyl groups is 1. The highest BCUT2D eigenvalue weighted by Crippen LogP contribution is 2.60. The molecule has 0 bridgehead atoms. The zero-order chi connectivity index (χ0) is 17.4. The van der Waals surface area contributed by atoms with Crippen LogP contribution in [0.3, 0.4) is 0 Å². The number of aliphatic hydroxyl groups excluding tert-OH is 1. The van der Waals surface area contributed by atoms with Crippen molar-refractivity contribution < 1.29 is 15.0 Å². The van der Waals surface area contributed by atoms with Gasteiger partial charge < -0.3 is 10.2 Å². The summed E-state index contributed by atoms with van der Waals surface area (Å²) in [6.07, 6.45) is 6.74. The molecule has 0 aromatic rings. The number of hydrogen-bond donors (Lipinski definition) is 2. The van der Waals surface area contributed by atoms with Crippen LogP contribution in [0.5, 0.6) is 0 Å². The topological polar surface area (TPSA) is 57.5 Å². The third-order valence-corrected chi connectivity index (χ3v) is 6.96. The van der Waals surface area contributed by atoms with Crippen molar-refractivity contribution >= 4 is 5.97 Å². The lowest BCUT2D eigenvalue weighted by Gasteiger charge is -2.57. The van der Waals surface area contributed by atoms with Crippen molar-refractivity contribution in [2.45, 2.75) is 85.7 Å².